The monoisotopic (exact) mass is 408 g/mol. The molecule has 148 valence electrons. The van der Waals surface area contributed by atoms with Crippen LogP contribution in [0.15, 0.2) is 71.2 Å². The van der Waals surface area contributed by atoms with Gasteiger partial charge in [0.05, 0.1) is 7.11 Å². The third kappa shape index (κ3) is 5.78. The molecule has 0 bridgehead atoms. The molecule has 3 N–H and O–H groups in total. The van der Waals surface area contributed by atoms with E-state index in [2.05, 4.69) is 10.6 Å². The number of thiocarbonyl (C=S) groups is 1. The Morgan fingerprint density at radius 2 is 1.97 bits per heavy atom. The lowest BCUT2D eigenvalue weighted by Crippen LogP contribution is -2.32. The highest BCUT2D eigenvalue weighted by Crippen LogP contribution is 2.24. The molecule has 0 unspecified atom stereocenters. The molecule has 3 rings (SSSR count). The van der Waals surface area contributed by atoms with E-state index < -0.39 is 0 Å². The van der Waals surface area contributed by atoms with E-state index in [4.69, 9.17) is 26.5 Å². The smallest absolute Gasteiger partial charge is 0.250 e. The molecule has 1 heterocycles. The zero-order valence-electron chi connectivity index (χ0n) is 15.7. The van der Waals surface area contributed by atoms with Crippen LogP contribution in [0.5, 0.6) is 5.75 Å². The third-order valence-corrected chi connectivity index (χ3v) is 4.21. The number of anilines is 1. The van der Waals surface area contributed by atoms with Crippen LogP contribution in [0.1, 0.15) is 11.3 Å². The summed E-state index contributed by atoms with van der Waals surface area (Å²) in [6.07, 6.45) is 3.10. The summed E-state index contributed by atoms with van der Waals surface area (Å²) in [4.78, 5) is 12.1. The van der Waals surface area contributed by atoms with Crippen LogP contribution in [0.2, 0.25) is 0 Å². The van der Waals surface area contributed by atoms with Crippen LogP contribution < -0.4 is 15.4 Å². The van der Waals surface area contributed by atoms with Crippen molar-refractivity contribution < 1.29 is 19.1 Å². The van der Waals surface area contributed by atoms with Crippen LogP contribution >= 0.6 is 12.2 Å². The van der Waals surface area contributed by atoms with Crippen LogP contribution in [0.4, 0.5) is 5.69 Å². The summed E-state index contributed by atoms with van der Waals surface area (Å²) in [6.45, 7) is -0.155. The Morgan fingerprint density at radius 1 is 1.17 bits per heavy atom. The van der Waals surface area contributed by atoms with Crippen molar-refractivity contribution in [1.29, 1.82) is 0 Å². The fourth-order valence-corrected chi connectivity index (χ4v) is 2.79. The van der Waals surface area contributed by atoms with Gasteiger partial charge in [-0.05, 0) is 60.3 Å². The lowest BCUT2D eigenvalue weighted by molar-refractivity contribution is -0.115. The highest BCUT2D eigenvalue weighted by atomic mass is 32.1. The fourth-order valence-electron chi connectivity index (χ4n) is 2.57. The molecule has 0 aliphatic carbocycles. The number of carbonyl (C=O) groups is 1. The first kappa shape index (κ1) is 20.3. The van der Waals surface area contributed by atoms with E-state index in [1.54, 1.807) is 25.3 Å². The summed E-state index contributed by atoms with van der Waals surface area (Å²) in [5.74, 6) is 1.54. The number of aliphatic hydroxyl groups excluding tert-OH is 1. The third-order valence-electron chi connectivity index (χ3n) is 4.00. The van der Waals surface area contributed by atoms with Crippen molar-refractivity contribution in [3.05, 3.63) is 78.1 Å². The highest BCUT2D eigenvalue weighted by Gasteiger charge is 2.07. The van der Waals surface area contributed by atoms with E-state index in [9.17, 15) is 4.79 Å². The van der Waals surface area contributed by atoms with Gasteiger partial charge in [0.25, 0.3) is 0 Å². The number of hydrogen-bond donors (Lipinski definition) is 3. The Kier molecular flexibility index (Phi) is 6.78. The molecule has 1 aromatic heterocycles. The number of ether oxygens (including phenoxy) is 1. The number of carbonyl (C=O) groups excluding carboxylic acids is 1. The van der Waals surface area contributed by atoms with Gasteiger partial charge < -0.3 is 19.6 Å². The second-order valence-electron chi connectivity index (χ2n) is 6.05. The molecule has 0 fully saturated rings. The molecule has 2 aromatic carbocycles. The summed E-state index contributed by atoms with van der Waals surface area (Å²) in [6, 6.07) is 18.2. The first-order valence-electron chi connectivity index (χ1n) is 8.81. The van der Waals surface area contributed by atoms with Crippen molar-refractivity contribution in [2.45, 2.75) is 6.61 Å². The number of nitrogens with one attached hydrogen (secondary N) is 2. The molecular formula is C22H20N2O4S. The number of amides is 1. The summed E-state index contributed by atoms with van der Waals surface area (Å²) < 4.78 is 10.6. The second kappa shape index (κ2) is 9.68. The predicted molar refractivity (Wildman–Crippen MR) is 116 cm³/mol. The summed E-state index contributed by atoms with van der Waals surface area (Å²) in [5.41, 5.74) is 2.39. The normalized spacial score (nSPS) is 10.7. The molecule has 0 aliphatic heterocycles. The quantitative estimate of drug-likeness (QED) is 0.423. The molecule has 3 aromatic rings. The Labute approximate surface area is 173 Å². The maximum absolute atomic E-state index is 12.1. The molecule has 0 atom stereocenters. The van der Waals surface area contributed by atoms with Crippen LogP contribution in [-0.4, -0.2) is 23.2 Å². The molecule has 7 heteroatoms. The van der Waals surface area contributed by atoms with Gasteiger partial charge in [0.15, 0.2) is 5.11 Å². The first-order valence-corrected chi connectivity index (χ1v) is 9.22. The first-order chi connectivity index (χ1) is 14.1. The minimum atomic E-state index is -0.340. The van der Waals surface area contributed by atoms with E-state index in [1.165, 1.54) is 6.08 Å². The van der Waals surface area contributed by atoms with Gasteiger partial charge in [-0.3, -0.25) is 10.1 Å². The second-order valence-corrected chi connectivity index (χ2v) is 6.46. The van der Waals surface area contributed by atoms with E-state index in [1.807, 2.05) is 48.5 Å². The van der Waals surface area contributed by atoms with E-state index in [0.717, 1.165) is 16.9 Å². The number of methoxy groups -OCH3 is 1. The van der Waals surface area contributed by atoms with Gasteiger partial charge >= 0.3 is 0 Å². The van der Waals surface area contributed by atoms with Crippen molar-refractivity contribution in [3.8, 4) is 17.1 Å². The number of benzene rings is 2. The van der Waals surface area contributed by atoms with E-state index >= 15 is 0 Å². The van der Waals surface area contributed by atoms with Gasteiger partial charge in [0.1, 0.15) is 23.9 Å². The van der Waals surface area contributed by atoms with Gasteiger partial charge in [0.2, 0.25) is 5.91 Å². The van der Waals surface area contributed by atoms with Crippen molar-refractivity contribution in [2.75, 3.05) is 12.4 Å². The van der Waals surface area contributed by atoms with Gasteiger partial charge in [0, 0.05) is 17.3 Å². The number of furan rings is 1. The van der Waals surface area contributed by atoms with Crippen LogP contribution in [-0.2, 0) is 11.4 Å². The predicted octanol–water partition coefficient (Wildman–Crippen LogP) is 3.97. The van der Waals surface area contributed by atoms with Crippen LogP contribution in [0.3, 0.4) is 0 Å². The summed E-state index contributed by atoms with van der Waals surface area (Å²) in [7, 11) is 1.60. The number of rotatable bonds is 6. The molecule has 0 aliphatic rings. The topological polar surface area (TPSA) is 83.7 Å². The maximum Gasteiger partial charge on any atom is 0.250 e. The highest BCUT2D eigenvalue weighted by molar-refractivity contribution is 7.80. The van der Waals surface area contributed by atoms with Crippen molar-refractivity contribution in [2.24, 2.45) is 0 Å². The molecule has 6 nitrogen and oxygen atoms in total. The fraction of sp³-hybridized carbons (Fsp3) is 0.0909. The molecular weight excluding hydrogens is 388 g/mol. The van der Waals surface area contributed by atoms with Crippen LogP contribution in [0, 0.1) is 0 Å². The van der Waals surface area contributed by atoms with Gasteiger partial charge in [-0.2, -0.15) is 0 Å². The van der Waals surface area contributed by atoms with Gasteiger partial charge in [-0.15, -0.1) is 0 Å². The number of aliphatic hydroxyl groups is 1. The Bertz CT molecular complexity index is 1030. The van der Waals surface area contributed by atoms with Gasteiger partial charge in [-0.1, -0.05) is 24.3 Å². The largest absolute Gasteiger partial charge is 0.497 e. The molecule has 0 saturated carbocycles. The summed E-state index contributed by atoms with van der Waals surface area (Å²) in [5, 5.41) is 14.9. The van der Waals surface area contributed by atoms with Crippen molar-refractivity contribution in [3.63, 3.8) is 0 Å². The zero-order chi connectivity index (χ0) is 20.6. The molecule has 0 saturated heterocycles. The zero-order valence-corrected chi connectivity index (χ0v) is 16.5. The van der Waals surface area contributed by atoms with E-state index in [-0.39, 0.29) is 17.6 Å². The SMILES string of the molecule is COc1ccc(C=CC(=O)NC(=S)Nc2cccc(-c3ccc(CO)o3)c2)cc1. The molecule has 0 radical (unpaired) electrons. The lowest BCUT2D eigenvalue weighted by atomic mass is 10.1. The van der Waals surface area contributed by atoms with Crippen LogP contribution in [0.25, 0.3) is 17.4 Å². The lowest BCUT2D eigenvalue weighted by Gasteiger charge is -2.09. The molecule has 1 amide bonds. The average molecular weight is 408 g/mol. The Balaban J connectivity index is 1.57. The number of hydrogen-bond acceptors (Lipinski definition) is 5. The Morgan fingerprint density at radius 3 is 2.66 bits per heavy atom. The average Bonchev–Trinajstić information content (AvgIpc) is 3.22. The minimum Gasteiger partial charge on any atom is -0.497 e. The van der Waals surface area contributed by atoms with Gasteiger partial charge in [-0.25, -0.2) is 0 Å². The standard InChI is InChI=1S/C22H20N2O4S/c1-27-18-8-5-15(6-9-18)7-12-21(26)24-22(29)23-17-4-2-3-16(13-17)20-11-10-19(14-25)28-20/h2-13,25H,14H2,1H3,(H2,23,24,26,29). The van der Waals surface area contributed by atoms with E-state index in [0.29, 0.717) is 17.2 Å². The van der Waals surface area contributed by atoms with Crippen molar-refractivity contribution in [1.82, 2.24) is 5.32 Å². The van der Waals surface area contributed by atoms with Crippen molar-refractivity contribution >= 4 is 35.0 Å². The summed E-state index contributed by atoms with van der Waals surface area (Å²) >= 11 is 5.21. The Hall–Kier alpha value is -3.42. The maximum atomic E-state index is 12.1. The molecule has 0 spiro atoms. The molecule has 29 heavy (non-hydrogen) atoms. The minimum absolute atomic E-state index is 0.155.